The first-order chi connectivity index (χ1) is 9.20. The lowest BCUT2D eigenvalue weighted by atomic mass is 10.0. The SMILES string of the molecule is Cn1ncc(I)c1-c1cccc(OC2CC2)c1C#N. The molecule has 1 fully saturated rings. The van der Waals surface area contributed by atoms with E-state index in [1.807, 2.05) is 25.2 Å². The van der Waals surface area contributed by atoms with E-state index < -0.39 is 0 Å². The Hall–Kier alpha value is -1.55. The van der Waals surface area contributed by atoms with Crippen molar-refractivity contribution in [2.45, 2.75) is 18.9 Å². The molecule has 96 valence electrons. The van der Waals surface area contributed by atoms with Crippen molar-refractivity contribution in [3.8, 4) is 23.1 Å². The van der Waals surface area contributed by atoms with Crippen LogP contribution in [0.25, 0.3) is 11.3 Å². The molecule has 2 aromatic rings. The van der Waals surface area contributed by atoms with Crippen LogP contribution in [0.4, 0.5) is 0 Å². The molecule has 0 atom stereocenters. The molecule has 4 nitrogen and oxygen atoms in total. The molecule has 0 amide bonds. The van der Waals surface area contributed by atoms with Crippen molar-refractivity contribution in [1.29, 1.82) is 5.26 Å². The third kappa shape index (κ3) is 2.32. The number of aromatic nitrogens is 2. The van der Waals surface area contributed by atoms with Gasteiger partial charge >= 0.3 is 0 Å². The van der Waals surface area contributed by atoms with Crippen LogP contribution in [0.5, 0.6) is 5.75 Å². The summed E-state index contributed by atoms with van der Waals surface area (Å²) in [4.78, 5) is 0. The number of hydrogen-bond donors (Lipinski definition) is 0. The second-order valence-corrected chi connectivity index (χ2v) is 5.73. The van der Waals surface area contributed by atoms with E-state index in [2.05, 4.69) is 33.8 Å². The fourth-order valence-corrected chi connectivity index (χ4v) is 2.79. The minimum Gasteiger partial charge on any atom is -0.489 e. The molecule has 3 rings (SSSR count). The van der Waals surface area contributed by atoms with Crippen molar-refractivity contribution in [3.63, 3.8) is 0 Å². The first kappa shape index (κ1) is 12.5. The van der Waals surface area contributed by atoms with Gasteiger partial charge in [-0.1, -0.05) is 12.1 Å². The first-order valence-electron chi connectivity index (χ1n) is 6.08. The predicted octanol–water partition coefficient (Wildman–Crippen LogP) is 3.10. The standard InChI is InChI=1S/C14H12IN3O/c1-18-14(12(15)8-17-18)10-3-2-4-13(11(10)7-16)19-9-5-6-9/h2-4,8-9H,5-6H2,1H3. The molecule has 5 heteroatoms. The van der Waals surface area contributed by atoms with Gasteiger partial charge in [-0.15, -0.1) is 0 Å². The maximum absolute atomic E-state index is 9.45. The zero-order chi connectivity index (χ0) is 13.4. The zero-order valence-electron chi connectivity index (χ0n) is 10.4. The highest BCUT2D eigenvalue weighted by Crippen LogP contribution is 2.35. The van der Waals surface area contributed by atoms with E-state index in [1.165, 1.54) is 0 Å². The van der Waals surface area contributed by atoms with Gasteiger partial charge in [0.25, 0.3) is 0 Å². The first-order valence-corrected chi connectivity index (χ1v) is 7.16. The Morgan fingerprint density at radius 2 is 2.26 bits per heavy atom. The van der Waals surface area contributed by atoms with Gasteiger partial charge in [0.15, 0.2) is 0 Å². The fourth-order valence-electron chi connectivity index (χ4n) is 2.02. The van der Waals surface area contributed by atoms with Gasteiger partial charge in [-0.05, 0) is 41.5 Å². The third-order valence-electron chi connectivity index (χ3n) is 3.11. The monoisotopic (exact) mass is 365 g/mol. The fraction of sp³-hybridized carbons (Fsp3) is 0.286. The van der Waals surface area contributed by atoms with Crippen molar-refractivity contribution in [1.82, 2.24) is 9.78 Å². The number of rotatable bonds is 3. The Labute approximate surface area is 125 Å². The number of halogens is 1. The van der Waals surface area contributed by atoms with E-state index in [4.69, 9.17) is 4.74 Å². The summed E-state index contributed by atoms with van der Waals surface area (Å²) in [6.45, 7) is 0. The van der Waals surface area contributed by atoms with Crippen molar-refractivity contribution >= 4 is 22.6 Å². The lowest BCUT2D eigenvalue weighted by molar-refractivity contribution is 0.302. The van der Waals surface area contributed by atoms with Crippen LogP contribution in [0.1, 0.15) is 18.4 Å². The highest BCUT2D eigenvalue weighted by atomic mass is 127. The lowest BCUT2D eigenvalue weighted by Gasteiger charge is -2.11. The van der Waals surface area contributed by atoms with E-state index in [-0.39, 0.29) is 6.10 Å². The minimum absolute atomic E-state index is 0.285. The number of aryl methyl sites for hydroxylation is 1. The van der Waals surface area contributed by atoms with Crippen LogP contribution in [-0.4, -0.2) is 15.9 Å². The molecule has 0 N–H and O–H groups in total. The molecule has 19 heavy (non-hydrogen) atoms. The quantitative estimate of drug-likeness (QED) is 0.786. The van der Waals surface area contributed by atoms with Crippen molar-refractivity contribution in [2.24, 2.45) is 7.05 Å². The van der Waals surface area contributed by atoms with Crippen molar-refractivity contribution in [3.05, 3.63) is 33.5 Å². The summed E-state index contributed by atoms with van der Waals surface area (Å²) in [6, 6.07) is 8.00. The molecule has 0 saturated heterocycles. The summed E-state index contributed by atoms with van der Waals surface area (Å²) in [7, 11) is 1.88. The van der Waals surface area contributed by atoms with Gasteiger partial charge in [0, 0.05) is 12.6 Å². The molecule has 0 unspecified atom stereocenters. The summed E-state index contributed by atoms with van der Waals surface area (Å²) in [5.74, 6) is 0.680. The number of hydrogen-bond acceptors (Lipinski definition) is 3. The van der Waals surface area contributed by atoms with Crippen molar-refractivity contribution < 1.29 is 4.74 Å². The number of ether oxygens (including phenoxy) is 1. The van der Waals surface area contributed by atoms with E-state index in [9.17, 15) is 5.26 Å². The average Bonchev–Trinajstić information content (AvgIpc) is 3.15. The van der Waals surface area contributed by atoms with Gasteiger partial charge < -0.3 is 4.74 Å². The molecule has 0 spiro atoms. The molecule has 0 aliphatic heterocycles. The second-order valence-electron chi connectivity index (χ2n) is 4.57. The molecule has 1 saturated carbocycles. The molecule has 1 aliphatic carbocycles. The van der Waals surface area contributed by atoms with Crippen LogP contribution in [0, 0.1) is 14.9 Å². The van der Waals surface area contributed by atoms with E-state index in [0.717, 1.165) is 27.7 Å². The van der Waals surface area contributed by atoms with E-state index in [1.54, 1.807) is 10.9 Å². The summed E-state index contributed by atoms with van der Waals surface area (Å²) in [6.07, 6.45) is 4.25. The van der Waals surface area contributed by atoms with E-state index in [0.29, 0.717) is 11.3 Å². The molecular weight excluding hydrogens is 353 g/mol. The molecular formula is C14H12IN3O. The van der Waals surface area contributed by atoms with Crippen LogP contribution in [0.3, 0.4) is 0 Å². The van der Waals surface area contributed by atoms with Crippen LogP contribution in [0.15, 0.2) is 24.4 Å². The van der Waals surface area contributed by atoms with E-state index >= 15 is 0 Å². The van der Waals surface area contributed by atoms with Gasteiger partial charge in [-0.2, -0.15) is 10.4 Å². The number of nitrogens with zero attached hydrogens (tertiary/aromatic N) is 3. The minimum atomic E-state index is 0.285. The van der Waals surface area contributed by atoms with Gasteiger partial charge in [-0.3, -0.25) is 4.68 Å². The zero-order valence-corrected chi connectivity index (χ0v) is 12.6. The highest BCUT2D eigenvalue weighted by Gasteiger charge is 2.26. The van der Waals surface area contributed by atoms with Crippen LogP contribution in [-0.2, 0) is 7.05 Å². The topological polar surface area (TPSA) is 50.8 Å². The predicted molar refractivity (Wildman–Crippen MR) is 79.7 cm³/mol. The Bertz CT molecular complexity index is 648. The van der Waals surface area contributed by atoms with Crippen LogP contribution >= 0.6 is 22.6 Å². The van der Waals surface area contributed by atoms with Gasteiger partial charge in [0.1, 0.15) is 17.4 Å². The van der Waals surface area contributed by atoms with Gasteiger partial charge in [0.05, 0.1) is 21.6 Å². The molecule has 0 radical (unpaired) electrons. The lowest BCUT2D eigenvalue weighted by Crippen LogP contribution is -2.01. The Morgan fingerprint density at radius 3 is 2.84 bits per heavy atom. The smallest absolute Gasteiger partial charge is 0.138 e. The number of benzene rings is 1. The Morgan fingerprint density at radius 1 is 1.47 bits per heavy atom. The Kier molecular flexibility index (Phi) is 3.19. The highest BCUT2D eigenvalue weighted by molar-refractivity contribution is 14.1. The van der Waals surface area contributed by atoms with Gasteiger partial charge in [0.2, 0.25) is 0 Å². The molecule has 1 aliphatic rings. The Balaban J connectivity index is 2.13. The summed E-state index contributed by atoms with van der Waals surface area (Å²) >= 11 is 2.23. The molecule has 1 aromatic carbocycles. The average molecular weight is 365 g/mol. The van der Waals surface area contributed by atoms with Crippen LogP contribution in [0.2, 0.25) is 0 Å². The summed E-state index contributed by atoms with van der Waals surface area (Å²) in [5, 5.41) is 13.7. The van der Waals surface area contributed by atoms with Crippen molar-refractivity contribution in [2.75, 3.05) is 0 Å². The largest absolute Gasteiger partial charge is 0.489 e. The normalized spacial score (nSPS) is 14.2. The maximum atomic E-state index is 9.45. The van der Waals surface area contributed by atoms with Crippen LogP contribution < -0.4 is 4.74 Å². The molecule has 1 heterocycles. The molecule has 1 aromatic heterocycles. The third-order valence-corrected chi connectivity index (χ3v) is 3.89. The van der Waals surface area contributed by atoms with Gasteiger partial charge in [-0.25, -0.2) is 0 Å². The summed E-state index contributed by atoms with van der Waals surface area (Å²) < 4.78 is 8.63. The summed E-state index contributed by atoms with van der Waals surface area (Å²) in [5.41, 5.74) is 2.43. The second kappa shape index (κ2) is 4.85. The number of nitriles is 1. The molecule has 0 bridgehead atoms. The maximum Gasteiger partial charge on any atom is 0.138 e.